The summed E-state index contributed by atoms with van der Waals surface area (Å²) in [5, 5.41) is 9.73. The van der Waals surface area contributed by atoms with Crippen LogP contribution in [0.5, 0.6) is 0 Å². The van der Waals surface area contributed by atoms with Crippen molar-refractivity contribution in [3.63, 3.8) is 0 Å². The fourth-order valence-corrected chi connectivity index (χ4v) is 9.23. The Hall–Kier alpha value is -6.90. The van der Waals surface area contributed by atoms with E-state index in [1.807, 2.05) is 0 Å². The SMILES string of the molecule is CC1(C)c2cccc(-c3ccc(-c4nc(-c5ccccc5)cc(-c5cc6ccccc6c6ccccc56)n4)c4ccccc34)c2-c2c1ccc1ccccc21. The Morgan fingerprint density at radius 3 is 1.71 bits per heavy atom. The molecular weight excluding hydrogens is 665 g/mol. The topological polar surface area (TPSA) is 25.8 Å². The van der Waals surface area contributed by atoms with Gasteiger partial charge in [0.15, 0.2) is 5.82 Å². The number of benzene rings is 9. The molecule has 0 N–H and O–H groups in total. The van der Waals surface area contributed by atoms with Crippen LogP contribution in [-0.2, 0) is 5.41 Å². The summed E-state index contributed by atoms with van der Waals surface area (Å²) in [4.78, 5) is 10.8. The maximum atomic E-state index is 5.44. The molecule has 1 aromatic heterocycles. The second-order valence-electron chi connectivity index (χ2n) is 15.3. The second kappa shape index (κ2) is 12.1. The molecule has 9 aromatic carbocycles. The van der Waals surface area contributed by atoms with Gasteiger partial charge < -0.3 is 0 Å². The van der Waals surface area contributed by atoms with Crippen molar-refractivity contribution < 1.29 is 0 Å². The number of rotatable bonds is 4. The average molecular weight is 701 g/mol. The summed E-state index contributed by atoms with van der Waals surface area (Å²) >= 11 is 0. The van der Waals surface area contributed by atoms with E-state index in [1.165, 1.54) is 71.1 Å². The van der Waals surface area contributed by atoms with E-state index in [4.69, 9.17) is 9.97 Å². The van der Waals surface area contributed by atoms with E-state index in [0.717, 1.165) is 33.5 Å². The molecule has 0 saturated heterocycles. The Morgan fingerprint density at radius 2 is 0.927 bits per heavy atom. The molecule has 0 radical (unpaired) electrons. The molecule has 0 aliphatic heterocycles. The molecule has 1 heterocycles. The van der Waals surface area contributed by atoms with Gasteiger partial charge in [0.25, 0.3) is 0 Å². The molecule has 55 heavy (non-hydrogen) atoms. The number of nitrogens with zero attached hydrogens (tertiary/aromatic N) is 2. The quantitative estimate of drug-likeness (QED) is 0.171. The zero-order valence-corrected chi connectivity index (χ0v) is 30.7. The van der Waals surface area contributed by atoms with Gasteiger partial charge >= 0.3 is 0 Å². The summed E-state index contributed by atoms with van der Waals surface area (Å²) in [6, 6.07) is 65.9. The summed E-state index contributed by atoms with van der Waals surface area (Å²) in [5.41, 5.74) is 12.8. The summed E-state index contributed by atoms with van der Waals surface area (Å²) in [7, 11) is 0. The van der Waals surface area contributed by atoms with Crippen LogP contribution in [0.15, 0.2) is 182 Å². The highest BCUT2D eigenvalue weighted by Gasteiger charge is 2.38. The fourth-order valence-electron chi connectivity index (χ4n) is 9.23. The first-order valence-corrected chi connectivity index (χ1v) is 19.1. The molecule has 0 fully saturated rings. The summed E-state index contributed by atoms with van der Waals surface area (Å²) in [6.07, 6.45) is 0. The highest BCUT2D eigenvalue weighted by Crippen LogP contribution is 2.55. The van der Waals surface area contributed by atoms with Crippen LogP contribution in [-0.4, -0.2) is 9.97 Å². The first kappa shape index (κ1) is 31.6. The molecule has 258 valence electrons. The predicted octanol–water partition coefficient (Wildman–Crippen LogP) is 14.1. The largest absolute Gasteiger partial charge is 0.228 e. The molecule has 0 atom stereocenters. The van der Waals surface area contributed by atoms with Crippen molar-refractivity contribution in [3.8, 4) is 56.2 Å². The monoisotopic (exact) mass is 700 g/mol. The standard InChI is InChI=1S/C53H36N2/c1-53(2)46-26-14-25-43(51(46)50-37-20-9-6-15-33(37)27-30-47(50)53)42-28-29-44(40-23-12-11-22-39(40)42)52-54-48(34-16-4-3-5-17-34)32-49(55-52)45-31-35-18-7-8-19-36(35)38-21-10-13-24-41(38)45/h3-32H,1-2H3. The van der Waals surface area contributed by atoms with Crippen LogP contribution in [0.25, 0.3) is 99.2 Å². The minimum atomic E-state index is -0.116. The van der Waals surface area contributed by atoms with E-state index < -0.39 is 0 Å². The Morgan fingerprint density at radius 1 is 0.345 bits per heavy atom. The van der Waals surface area contributed by atoms with Crippen molar-refractivity contribution in [2.75, 3.05) is 0 Å². The summed E-state index contributed by atoms with van der Waals surface area (Å²) < 4.78 is 0. The zero-order valence-electron chi connectivity index (χ0n) is 30.7. The lowest BCUT2D eigenvalue weighted by Gasteiger charge is -2.22. The van der Waals surface area contributed by atoms with Crippen molar-refractivity contribution in [2.45, 2.75) is 19.3 Å². The van der Waals surface area contributed by atoms with Gasteiger partial charge in [-0.25, -0.2) is 9.97 Å². The lowest BCUT2D eigenvalue weighted by Crippen LogP contribution is -2.14. The summed E-state index contributed by atoms with van der Waals surface area (Å²) in [6.45, 7) is 4.73. The molecule has 2 heteroatoms. The fraction of sp³-hybridized carbons (Fsp3) is 0.0566. The van der Waals surface area contributed by atoms with Crippen molar-refractivity contribution >= 4 is 43.1 Å². The second-order valence-corrected chi connectivity index (χ2v) is 15.3. The van der Waals surface area contributed by atoms with Gasteiger partial charge in [-0.15, -0.1) is 0 Å². The maximum absolute atomic E-state index is 5.44. The molecule has 11 rings (SSSR count). The van der Waals surface area contributed by atoms with Crippen molar-refractivity contribution in [1.82, 2.24) is 9.97 Å². The molecule has 0 amide bonds. The third-order valence-corrected chi connectivity index (χ3v) is 11.9. The van der Waals surface area contributed by atoms with Gasteiger partial charge in [-0.2, -0.15) is 0 Å². The smallest absolute Gasteiger partial charge is 0.161 e. The number of hydrogen-bond acceptors (Lipinski definition) is 2. The van der Waals surface area contributed by atoms with E-state index in [0.29, 0.717) is 5.82 Å². The van der Waals surface area contributed by atoms with Crippen LogP contribution in [0.3, 0.4) is 0 Å². The van der Waals surface area contributed by atoms with Crippen LogP contribution in [0.4, 0.5) is 0 Å². The molecule has 0 saturated carbocycles. The van der Waals surface area contributed by atoms with E-state index in [9.17, 15) is 0 Å². The van der Waals surface area contributed by atoms with E-state index in [1.54, 1.807) is 0 Å². The van der Waals surface area contributed by atoms with Crippen molar-refractivity contribution in [2.24, 2.45) is 0 Å². The van der Waals surface area contributed by atoms with Crippen LogP contribution in [0.2, 0.25) is 0 Å². The van der Waals surface area contributed by atoms with E-state index in [2.05, 4.69) is 196 Å². The molecular formula is C53H36N2. The minimum Gasteiger partial charge on any atom is -0.228 e. The van der Waals surface area contributed by atoms with Crippen molar-refractivity contribution in [1.29, 1.82) is 0 Å². The van der Waals surface area contributed by atoms with Gasteiger partial charge in [-0.1, -0.05) is 178 Å². The van der Waals surface area contributed by atoms with Crippen LogP contribution >= 0.6 is 0 Å². The molecule has 2 nitrogen and oxygen atoms in total. The first-order chi connectivity index (χ1) is 27.0. The highest BCUT2D eigenvalue weighted by atomic mass is 14.9. The lowest BCUT2D eigenvalue weighted by molar-refractivity contribution is 0.661. The normalized spacial score (nSPS) is 13.1. The van der Waals surface area contributed by atoms with Crippen LogP contribution < -0.4 is 0 Å². The molecule has 0 bridgehead atoms. The van der Waals surface area contributed by atoms with Gasteiger partial charge in [0.05, 0.1) is 11.4 Å². The Labute approximate surface area is 320 Å². The molecule has 0 unspecified atom stereocenters. The molecule has 0 spiro atoms. The van der Waals surface area contributed by atoms with Gasteiger partial charge in [-0.3, -0.25) is 0 Å². The average Bonchev–Trinajstić information content (AvgIpc) is 3.49. The lowest BCUT2D eigenvalue weighted by atomic mass is 9.81. The Kier molecular flexibility index (Phi) is 6.93. The Bertz CT molecular complexity index is 3170. The minimum absolute atomic E-state index is 0.116. The van der Waals surface area contributed by atoms with Gasteiger partial charge in [-0.05, 0) is 94.7 Å². The maximum Gasteiger partial charge on any atom is 0.161 e. The van der Waals surface area contributed by atoms with Gasteiger partial charge in [0.1, 0.15) is 0 Å². The Balaban J connectivity index is 1.16. The van der Waals surface area contributed by atoms with Gasteiger partial charge in [0.2, 0.25) is 0 Å². The molecule has 10 aromatic rings. The predicted molar refractivity (Wildman–Crippen MR) is 231 cm³/mol. The summed E-state index contributed by atoms with van der Waals surface area (Å²) in [5.74, 6) is 0.715. The zero-order chi connectivity index (χ0) is 36.7. The third-order valence-electron chi connectivity index (χ3n) is 11.9. The molecule has 1 aliphatic carbocycles. The number of hydrogen-bond donors (Lipinski definition) is 0. The third kappa shape index (κ3) is 4.81. The first-order valence-electron chi connectivity index (χ1n) is 19.1. The molecule has 1 aliphatic rings. The highest BCUT2D eigenvalue weighted by molar-refractivity contribution is 6.14. The van der Waals surface area contributed by atoms with Gasteiger partial charge in [0, 0.05) is 22.1 Å². The van der Waals surface area contributed by atoms with Crippen LogP contribution in [0, 0.1) is 0 Å². The van der Waals surface area contributed by atoms with E-state index >= 15 is 0 Å². The van der Waals surface area contributed by atoms with E-state index in [-0.39, 0.29) is 5.41 Å². The number of aromatic nitrogens is 2. The number of fused-ring (bicyclic) bond motifs is 9. The van der Waals surface area contributed by atoms with Crippen LogP contribution in [0.1, 0.15) is 25.0 Å². The van der Waals surface area contributed by atoms with Crippen molar-refractivity contribution in [3.05, 3.63) is 193 Å².